The second-order valence-corrected chi connectivity index (χ2v) is 2.71. The average Bonchev–Trinajstić information content (AvgIpc) is 2.52. The fraction of sp³-hybridized carbons (Fsp3) is 0.125. The zero-order chi connectivity index (χ0) is 9.26. The normalized spacial score (nSPS) is 10.2. The Morgan fingerprint density at radius 2 is 2.23 bits per heavy atom. The van der Waals surface area contributed by atoms with Gasteiger partial charge < -0.3 is 5.73 Å². The van der Waals surface area contributed by atoms with Crippen molar-refractivity contribution in [1.82, 2.24) is 20.2 Å². The molecule has 5 heteroatoms. The van der Waals surface area contributed by atoms with Crippen LogP contribution in [-0.2, 0) is 0 Å². The number of anilines is 1. The minimum absolute atomic E-state index is 0.472. The van der Waals surface area contributed by atoms with Gasteiger partial charge in [0, 0.05) is 23.5 Å². The van der Waals surface area contributed by atoms with Gasteiger partial charge in [0.1, 0.15) is 12.1 Å². The number of hydrogen-bond donors (Lipinski definition) is 2. The molecule has 0 spiro atoms. The lowest BCUT2D eigenvalue weighted by Gasteiger charge is -2.00. The molecular formula is C8H9N5. The Morgan fingerprint density at radius 1 is 1.38 bits per heavy atom. The minimum atomic E-state index is 0.472. The highest BCUT2D eigenvalue weighted by Crippen LogP contribution is 2.24. The highest BCUT2D eigenvalue weighted by atomic mass is 15.1. The molecule has 0 fully saturated rings. The first-order valence-electron chi connectivity index (χ1n) is 3.85. The molecule has 0 radical (unpaired) electrons. The molecule has 0 aliphatic carbocycles. The molecule has 0 aliphatic rings. The van der Waals surface area contributed by atoms with Crippen LogP contribution < -0.4 is 5.73 Å². The van der Waals surface area contributed by atoms with E-state index in [1.807, 2.05) is 6.92 Å². The number of rotatable bonds is 1. The van der Waals surface area contributed by atoms with E-state index in [0.29, 0.717) is 5.82 Å². The number of nitrogens with zero attached hydrogens (tertiary/aromatic N) is 3. The lowest BCUT2D eigenvalue weighted by atomic mass is 10.1. The number of nitrogens with one attached hydrogen (secondary N) is 1. The van der Waals surface area contributed by atoms with Gasteiger partial charge in [-0.25, -0.2) is 9.97 Å². The molecule has 2 aromatic heterocycles. The predicted molar refractivity (Wildman–Crippen MR) is 48.8 cm³/mol. The van der Waals surface area contributed by atoms with Gasteiger partial charge in [0.15, 0.2) is 0 Å². The Balaban J connectivity index is 2.59. The number of hydrogen-bond acceptors (Lipinski definition) is 4. The SMILES string of the molecule is Cc1n[nH]cc1-c1cncnc1N. The van der Waals surface area contributed by atoms with Gasteiger partial charge in [0.05, 0.1) is 5.69 Å². The van der Waals surface area contributed by atoms with Crippen molar-refractivity contribution in [1.29, 1.82) is 0 Å². The van der Waals surface area contributed by atoms with Crippen molar-refractivity contribution in [3.05, 3.63) is 24.4 Å². The Labute approximate surface area is 75.0 Å². The number of aromatic amines is 1. The van der Waals surface area contributed by atoms with Crippen LogP contribution in [0.15, 0.2) is 18.7 Å². The summed E-state index contributed by atoms with van der Waals surface area (Å²) in [6, 6.07) is 0. The van der Waals surface area contributed by atoms with Gasteiger partial charge in [-0.15, -0.1) is 0 Å². The Kier molecular flexibility index (Phi) is 1.70. The zero-order valence-corrected chi connectivity index (χ0v) is 7.15. The lowest BCUT2D eigenvalue weighted by molar-refractivity contribution is 1.05. The maximum absolute atomic E-state index is 5.69. The highest BCUT2D eigenvalue weighted by molar-refractivity contribution is 5.73. The average molecular weight is 175 g/mol. The van der Waals surface area contributed by atoms with E-state index in [1.54, 1.807) is 12.4 Å². The van der Waals surface area contributed by atoms with Crippen molar-refractivity contribution in [2.45, 2.75) is 6.92 Å². The van der Waals surface area contributed by atoms with Crippen molar-refractivity contribution in [3.63, 3.8) is 0 Å². The molecule has 0 aromatic carbocycles. The molecule has 0 saturated carbocycles. The van der Waals surface area contributed by atoms with Gasteiger partial charge >= 0.3 is 0 Å². The van der Waals surface area contributed by atoms with Crippen LogP contribution in [0.4, 0.5) is 5.82 Å². The maximum atomic E-state index is 5.69. The van der Waals surface area contributed by atoms with Crippen LogP contribution in [0.2, 0.25) is 0 Å². The van der Waals surface area contributed by atoms with Crippen LogP contribution in [0.3, 0.4) is 0 Å². The Morgan fingerprint density at radius 3 is 2.85 bits per heavy atom. The first-order valence-corrected chi connectivity index (χ1v) is 3.85. The molecule has 0 unspecified atom stereocenters. The van der Waals surface area contributed by atoms with Gasteiger partial charge in [-0.2, -0.15) is 5.10 Å². The molecule has 66 valence electrons. The summed E-state index contributed by atoms with van der Waals surface area (Å²) < 4.78 is 0. The summed E-state index contributed by atoms with van der Waals surface area (Å²) in [5.41, 5.74) is 8.33. The van der Waals surface area contributed by atoms with Crippen LogP contribution in [0.5, 0.6) is 0 Å². The molecule has 2 aromatic rings. The summed E-state index contributed by atoms with van der Waals surface area (Å²) >= 11 is 0. The number of nitrogen functional groups attached to an aromatic ring is 1. The summed E-state index contributed by atoms with van der Waals surface area (Å²) in [5, 5.41) is 6.76. The van der Waals surface area contributed by atoms with Crippen LogP contribution in [-0.4, -0.2) is 20.2 Å². The monoisotopic (exact) mass is 175 g/mol. The smallest absolute Gasteiger partial charge is 0.134 e. The fourth-order valence-electron chi connectivity index (χ4n) is 1.18. The van der Waals surface area contributed by atoms with E-state index in [1.165, 1.54) is 6.33 Å². The molecule has 0 bridgehead atoms. The lowest BCUT2D eigenvalue weighted by Crippen LogP contribution is -1.94. The minimum Gasteiger partial charge on any atom is -0.383 e. The van der Waals surface area contributed by atoms with E-state index in [2.05, 4.69) is 20.2 Å². The molecule has 0 amide bonds. The van der Waals surface area contributed by atoms with E-state index < -0.39 is 0 Å². The summed E-state index contributed by atoms with van der Waals surface area (Å²) in [5.74, 6) is 0.472. The van der Waals surface area contributed by atoms with Crippen molar-refractivity contribution in [2.24, 2.45) is 0 Å². The predicted octanol–water partition coefficient (Wildman–Crippen LogP) is 0.757. The second kappa shape index (κ2) is 2.85. The van der Waals surface area contributed by atoms with E-state index in [-0.39, 0.29) is 0 Å². The van der Waals surface area contributed by atoms with Crippen molar-refractivity contribution in [2.75, 3.05) is 5.73 Å². The fourth-order valence-corrected chi connectivity index (χ4v) is 1.18. The summed E-state index contributed by atoms with van der Waals surface area (Å²) in [7, 11) is 0. The largest absolute Gasteiger partial charge is 0.383 e. The molecular weight excluding hydrogens is 166 g/mol. The van der Waals surface area contributed by atoms with Gasteiger partial charge in [-0.3, -0.25) is 5.10 Å². The standard InChI is InChI=1S/C8H9N5/c1-5-6(3-12-13-5)7-2-10-4-11-8(7)9/h2-4H,1H3,(H,12,13)(H2,9,10,11). The van der Waals surface area contributed by atoms with E-state index >= 15 is 0 Å². The first-order chi connectivity index (χ1) is 6.29. The summed E-state index contributed by atoms with van der Waals surface area (Å²) in [6.07, 6.45) is 4.89. The van der Waals surface area contributed by atoms with Gasteiger partial charge in [-0.1, -0.05) is 0 Å². The van der Waals surface area contributed by atoms with Gasteiger partial charge in [0.2, 0.25) is 0 Å². The van der Waals surface area contributed by atoms with Crippen LogP contribution >= 0.6 is 0 Å². The molecule has 0 saturated heterocycles. The first kappa shape index (κ1) is 7.72. The van der Waals surface area contributed by atoms with Crippen molar-refractivity contribution in [3.8, 4) is 11.1 Å². The quantitative estimate of drug-likeness (QED) is 0.670. The number of aromatic nitrogens is 4. The van der Waals surface area contributed by atoms with Crippen molar-refractivity contribution < 1.29 is 0 Å². The Bertz CT molecular complexity index is 420. The van der Waals surface area contributed by atoms with Crippen molar-refractivity contribution >= 4 is 5.82 Å². The second-order valence-electron chi connectivity index (χ2n) is 2.71. The molecule has 3 N–H and O–H groups in total. The number of nitrogens with two attached hydrogens (primary N) is 1. The number of H-pyrrole nitrogens is 1. The van der Waals surface area contributed by atoms with Crippen LogP contribution in [0.1, 0.15) is 5.69 Å². The Hall–Kier alpha value is -1.91. The molecule has 0 aliphatic heterocycles. The molecule has 2 rings (SSSR count). The zero-order valence-electron chi connectivity index (χ0n) is 7.15. The van der Waals surface area contributed by atoms with Gasteiger partial charge in [0.25, 0.3) is 0 Å². The van der Waals surface area contributed by atoms with Gasteiger partial charge in [-0.05, 0) is 6.92 Å². The third-order valence-corrected chi connectivity index (χ3v) is 1.86. The topological polar surface area (TPSA) is 80.5 Å². The maximum Gasteiger partial charge on any atom is 0.134 e. The summed E-state index contributed by atoms with van der Waals surface area (Å²) in [6.45, 7) is 1.90. The molecule has 2 heterocycles. The van der Waals surface area contributed by atoms with E-state index in [4.69, 9.17) is 5.73 Å². The van der Waals surface area contributed by atoms with Crippen LogP contribution in [0.25, 0.3) is 11.1 Å². The molecule has 0 atom stereocenters. The van der Waals surface area contributed by atoms with Crippen LogP contribution in [0, 0.1) is 6.92 Å². The third-order valence-electron chi connectivity index (χ3n) is 1.86. The molecule has 5 nitrogen and oxygen atoms in total. The van der Waals surface area contributed by atoms with E-state index in [9.17, 15) is 0 Å². The van der Waals surface area contributed by atoms with E-state index in [0.717, 1.165) is 16.8 Å². The molecule has 13 heavy (non-hydrogen) atoms. The highest BCUT2D eigenvalue weighted by Gasteiger charge is 2.07. The summed E-state index contributed by atoms with van der Waals surface area (Å²) in [4.78, 5) is 7.81. The third kappa shape index (κ3) is 1.24. The number of aryl methyl sites for hydroxylation is 1.